The van der Waals surface area contributed by atoms with Gasteiger partial charge in [-0.3, -0.25) is 10.1 Å². The lowest BCUT2D eigenvalue weighted by Crippen LogP contribution is -2.46. The molecule has 1 atom stereocenters. The molecule has 1 aliphatic rings. The number of hydrogen-bond donors (Lipinski definition) is 4. The molecule has 2 rings (SSSR count). The van der Waals surface area contributed by atoms with Gasteiger partial charge >= 0.3 is 18.5 Å². The normalized spacial score (nSPS) is 20.8. The first kappa shape index (κ1) is 28.2. The van der Waals surface area contributed by atoms with E-state index in [2.05, 4.69) is 10.6 Å². The van der Waals surface area contributed by atoms with Crippen LogP contribution in [0.25, 0.3) is 0 Å². The fourth-order valence-corrected chi connectivity index (χ4v) is 3.58. The van der Waals surface area contributed by atoms with Gasteiger partial charge in [-0.25, -0.2) is 0 Å². The zero-order valence-corrected chi connectivity index (χ0v) is 17.7. The van der Waals surface area contributed by atoms with Crippen LogP contribution >= 0.6 is 0 Å². The second kappa shape index (κ2) is 11.1. The van der Waals surface area contributed by atoms with E-state index >= 15 is 0 Å². The van der Waals surface area contributed by atoms with Gasteiger partial charge in [0, 0.05) is 24.7 Å². The van der Waals surface area contributed by atoms with Crippen molar-refractivity contribution in [2.45, 2.75) is 56.5 Å². The Kier molecular flexibility index (Phi) is 9.22. The van der Waals surface area contributed by atoms with E-state index in [1.165, 1.54) is 0 Å². The molecule has 0 saturated heterocycles. The minimum absolute atomic E-state index is 0.0406. The summed E-state index contributed by atoms with van der Waals surface area (Å²) in [4.78, 5) is 12.2. The van der Waals surface area contributed by atoms with Gasteiger partial charge in [-0.15, -0.1) is 0 Å². The summed E-state index contributed by atoms with van der Waals surface area (Å²) < 4.78 is 114. The molecule has 1 fully saturated rings. The van der Waals surface area contributed by atoms with Crippen LogP contribution in [0, 0.1) is 5.92 Å². The molecule has 1 amide bonds. The predicted octanol–water partition coefficient (Wildman–Crippen LogP) is 4.07. The topological polar surface area (TPSA) is 73.4 Å². The van der Waals surface area contributed by atoms with E-state index in [1.807, 2.05) is 5.32 Å². The number of amides is 1. The van der Waals surface area contributed by atoms with Crippen LogP contribution in [0.3, 0.4) is 0 Å². The largest absolute Gasteiger partial charge is 0.416 e. The second-order valence-electron chi connectivity index (χ2n) is 8.14. The fraction of sp³-hybridized carbons (Fsp3) is 0.650. The Bertz CT molecular complexity index is 785. The maximum Gasteiger partial charge on any atom is 0.416 e. The number of halogens is 9. The molecule has 1 unspecified atom stereocenters. The van der Waals surface area contributed by atoms with Crippen molar-refractivity contribution in [3.05, 3.63) is 34.9 Å². The highest BCUT2D eigenvalue weighted by Crippen LogP contribution is 2.36. The molecule has 14 heteroatoms. The Hall–Kier alpha value is -2.06. The van der Waals surface area contributed by atoms with Crippen LogP contribution in [-0.4, -0.2) is 49.1 Å². The van der Waals surface area contributed by atoms with Crippen molar-refractivity contribution in [3.63, 3.8) is 0 Å². The average molecular weight is 509 g/mol. The zero-order valence-electron chi connectivity index (χ0n) is 17.7. The van der Waals surface area contributed by atoms with Crippen LogP contribution in [0.5, 0.6) is 0 Å². The highest BCUT2D eigenvalue weighted by molar-refractivity contribution is 5.94. The second-order valence-corrected chi connectivity index (χ2v) is 8.14. The van der Waals surface area contributed by atoms with Crippen molar-refractivity contribution in [3.8, 4) is 0 Å². The number of hydrogen-bond acceptors (Lipinski definition) is 4. The molecule has 0 heterocycles. The van der Waals surface area contributed by atoms with Crippen LogP contribution < -0.4 is 16.0 Å². The maximum absolute atomic E-state index is 12.9. The summed E-state index contributed by atoms with van der Waals surface area (Å²) in [6, 6.07) is 0.584. The minimum Gasteiger partial charge on any atom is -0.377 e. The van der Waals surface area contributed by atoms with Crippen LogP contribution in [-0.2, 0) is 12.4 Å². The van der Waals surface area contributed by atoms with E-state index in [4.69, 9.17) is 0 Å². The summed E-state index contributed by atoms with van der Waals surface area (Å²) >= 11 is 0. The Morgan fingerprint density at radius 1 is 0.912 bits per heavy atom. The van der Waals surface area contributed by atoms with Gasteiger partial charge in [-0.05, 0) is 49.8 Å². The molecule has 1 aliphatic carbocycles. The van der Waals surface area contributed by atoms with Gasteiger partial charge in [-0.2, -0.15) is 39.5 Å². The molecule has 1 aromatic rings. The Labute approximate surface area is 189 Å². The van der Waals surface area contributed by atoms with E-state index in [9.17, 15) is 49.4 Å². The first-order valence-corrected chi connectivity index (χ1v) is 10.3. The van der Waals surface area contributed by atoms with Crippen LogP contribution in [0.15, 0.2) is 18.2 Å². The lowest BCUT2D eigenvalue weighted by Gasteiger charge is -2.30. The summed E-state index contributed by atoms with van der Waals surface area (Å²) in [7, 11) is 0. The number of rotatable bonds is 8. The zero-order chi connectivity index (χ0) is 25.7. The van der Waals surface area contributed by atoms with E-state index in [1.54, 1.807) is 0 Å². The summed E-state index contributed by atoms with van der Waals surface area (Å²) in [6.45, 7) is -1.41. The molecule has 34 heavy (non-hydrogen) atoms. The third-order valence-electron chi connectivity index (χ3n) is 5.39. The van der Waals surface area contributed by atoms with Crippen molar-refractivity contribution in [2.24, 2.45) is 5.92 Å². The highest BCUT2D eigenvalue weighted by atomic mass is 19.4. The maximum atomic E-state index is 12.9. The third-order valence-corrected chi connectivity index (χ3v) is 5.39. The summed E-state index contributed by atoms with van der Waals surface area (Å²) in [5.41, 5.74) is -3.91. The molecule has 0 aromatic heterocycles. The van der Waals surface area contributed by atoms with Crippen LogP contribution in [0.1, 0.15) is 47.2 Å². The minimum atomic E-state index is -5.06. The Balaban J connectivity index is 1.83. The van der Waals surface area contributed by atoms with Gasteiger partial charge in [0.05, 0.1) is 17.7 Å². The molecular weight excluding hydrogens is 485 g/mol. The van der Waals surface area contributed by atoms with E-state index in [-0.39, 0.29) is 31.1 Å². The molecule has 1 aromatic carbocycles. The smallest absolute Gasteiger partial charge is 0.377 e. The van der Waals surface area contributed by atoms with Gasteiger partial charge in [0.15, 0.2) is 0 Å². The SMILES string of the molecule is O=C(NCC1CCC(NCC(O)NCC(F)(F)F)CC1)c1cc(C(F)(F)F)cc(C(F)(F)F)c1. The van der Waals surface area contributed by atoms with Gasteiger partial charge < -0.3 is 15.7 Å². The summed E-state index contributed by atoms with van der Waals surface area (Å²) in [5, 5.41) is 16.8. The lowest BCUT2D eigenvalue weighted by molar-refractivity contribution is -0.143. The van der Waals surface area contributed by atoms with Crippen LogP contribution in [0.2, 0.25) is 0 Å². The summed E-state index contributed by atoms with van der Waals surface area (Å²) in [6.07, 6.45) is -13.7. The lowest BCUT2D eigenvalue weighted by atomic mass is 9.86. The monoisotopic (exact) mass is 509 g/mol. The Morgan fingerprint density at radius 3 is 1.91 bits per heavy atom. The molecular formula is C20H24F9N3O2. The molecule has 1 saturated carbocycles. The van der Waals surface area contributed by atoms with Crippen molar-refractivity contribution in [2.75, 3.05) is 19.6 Å². The van der Waals surface area contributed by atoms with Gasteiger partial charge in [0.2, 0.25) is 0 Å². The first-order chi connectivity index (χ1) is 15.5. The highest BCUT2D eigenvalue weighted by Gasteiger charge is 2.37. The number of benzene rings is 1. The molecule has 0 radical (unpaired) electrons. The predicted molar refractivity (Wildman–Crippen MR) is 103 cm³/mol. The average Bonchev–Trinajstić information content (AvgIpc) is 2.73. The molecule has 194 valence electrons. The number of carbonyl (C=O) groups excluding carboxylic acids is 1. The van der Waals surface area contributed by atoms with E-state index in [0.717, 1.165) is 0 Å². The van der Waals surface area contributed by atoms with Gasteiger partial charge in [-0.1, -0.05) is 0 Å². The van der Waals surface area contributed by atoms with E-state index in [0.29, 0.717) is 37.8 Å². The molecule has 0 aliphatic heterocycles. The fourth-order valence-electron chi connectivity index (χ4n) is 3.58. The summed E-state index contributed by atoms with van der Waals surface area (Å²) in [5.74, 6) is -1.14. The quantitative estimate of drug-likeness (QED) is 0.315. The number of aliphatic hydroxyl groups excluding tert-OH is 1. The number of nitrogens with one attached hydrogen (secondary N) is 3. The van der Waals surface area contributed by atoms with Crippen molar-refractivity contribution >= 4 is 5.91 Å². The Morgan fingerprint density at radius 2 is 1.44 bits per heavy atom. The third kappa shape index (κ3) is 9.29. The molecule has 4 N–H and O–H groups in total. The molecule has 0 bridgehead atoms. The van der Waals surface area contributed by atoms with Crippen LogP contribution in [0.4, 0.5) is 39.5 Å². The number of aliphatic hydroxyl groups is 1. The van der Waals surface area contributed by atoms with Gasteiger partial charge in [0.25, 0.3) is 5.91 Å². The number of alkyl halides is 9. The van der Waals surface area contributed by atoms with Crippen molar-refractivity contribution in [1.29, 1.82) is 0 Å². The van der Waals surface area contributed by atoms with Gasteiger partial charge in [0.1, 0.15) is 6.23 Å². The van der Waals surface area contributed by atoms with E-state index < -0.39 is 53.9 Å². The standard InChI is InChI=1S/C20H24F9N3O2/c21-18(22,23)10-32-16(33)9-30-15-3-1-11(2-4-15)8-31-17(34)12-5-13(19(24,25)26)7-14(6-12)20(27,28)29/h5-7,11,15-16,30,32-33H,1-4,8-10H2,(H,31,34). The first-order valence-electron chi connectivity index (χ1n) is 10.3. The number of carbonyl (C=O) groups is 1. The van der Waals surface area contributed by atoms with Crippen molar-refractivity contribution < 1.29 is 49.4 Å². The van der Waals surface area contributed by atoms with Crippen molar-refractivity contribution in [1.82, 2.24) is 16.0 Å². The molecule has 5 nitrogen and oxygen atoms in total. The molecule has 0 spiro atoms.